The van der Waals surface area contributed by atoms with Crippen LogP contribution in [0, 0.1) is 11.3 Å². The predicted octanol–water partition coefficient (Wildman–Crippen LogP) is 2.11. The maximum Gasteiger partial charge on any atom is 0.0936 e. The van der Waals surface area contributed by atoms with E-state index < -0.39 is 0 Å². The second-order valence-electron chi connectivity index (χ2n) is 2.41. The zero-order valence-corrected chi connectivity index (χ0v) is 6.87. The number of rotatable bonds is 4. The molecule has 0 aliphatic carbocycles. The quantitative estimate of drug-likeness (QED) is 0.384. The lowest BCUT2D eigenvalue weighted by Crippen LogP contribution is -2.05. The molecule has 11 heavy (non-hydrogen) atoms. The molecule has 0 aliphatic rings. The fourth-order valence-electron chi connectivity index (χ4n) is 0.803. The van der Waals surface area contributed by atoms with Gasteiger partial charge in [0.2, 0.25) is 0 Å². The molecule has 0 radical (unpaired) electrons. The van der Waals surface area contributed by atoms with E-state index >= 15 is 0 Å². The molecule has 0 unspecified atom stereocenters. The average molecular weight is 155 g/mol. The van der Waals surface area contributed by atoms with Crippen LogP contribution in [0.5, 0.6) is 0 Å². The Morgan fingerprint density at radius 3 is 2.82 bits per heavy atom. The summed E-state index contributed by atoms with van der Waals surface area (Å²) in [7, 11) is 0. The molecule has 3 heteroatoms. The maximum absolute atomic E-state index is 8.32. The molecule has 62 valence electrons. The summed E-state index contributed by atoms with van der Waals surface area (Å²) in [5, 5.41) is 16.6. The molecule has 0 aliphatic heterocycles. The molecule has 0 aromatic carbocycles. The van der Waals surface area contributed by atoms with Gasteiger partial charge in [-0.05, 0) is 19.8 Å². The van der Waals surface area contributed by atoms with E-state index in [1.54, 1.807) is 6.92 Å². The lowest BCUT2D eigenvalue weighted by Gasteiger charge is -2.07. The van der Waals surface area contributed by atoms with E-state index in [1.807, 2.05) is 13.0 Å². The Bertz CT molecular complexity index is 169. The van der Waals surface area contributed by atoms with E-state index in [-0.39, 0.29) is 6.10 Å². The zero-order valence-electron chi connectivity index (χ0n) is 6.87. The Labute approximate surface area is 66.8 Å². The summed E-state index contributed by atoms with van der Waals surface area (Å²) in [5.41, 5.74) is 0.994. The van der Waals surface area contributed by atoms with Crippen LogP contribution >= 0.6 is 0 Å². The number of nitriles is 1. The van der Waals surface area contributed by atoms with E-state index in [2.05, 4.69) is 4.89 Å². The molecule has 0 amide bonds. The lowest BCUT2D eigenvalue weighted by molar-refractivity contribution is -0.273. The molecular formula is C8H13NO2. The van der Waals surface area contributed by atoms with E-state index in [1.165, 1.54) is 6.08 Å². The smallest absolute Gasteiger partial charge is 0.0936 e. The van der Waals surface area contributed by atoms with Crippen LogP contribution in [0.3, 0.4) is 0 Å². The minimum atomic E-state index is -0.227. The molecule has 3 nitrogen and oxygen atoms in total. The van der Waals surface area contributed by atoms with Crippen molar-refractivity contribution in [2.75, 3.05) is 0 Å². The van der Waals surface area contributed by atoms with Gasteiger partial charge in [-0.25, -0.2) is 4.89 Å². The summed E-state index contributed by atoms with van der Waals surface area (Å²) >= 11 is 0. The molecular weight excluding hydrogens is 142 g/mol. The van der Waals surface area contributed by atoms with Gasteiger partial charge in [0.1, 0.15) is 0 Å². The van der Waals surface area contributed by atoms with Crippen LogP contribution in [0.25, 0.3) is 0 Å². The second-order valence-corrected chi connectivity index (χ2v) is 2.41. The minimum absolute atomic E-state index is 0.227. The van der Waals surface area contributed by atoms with Crippen LogP contribution in [-0.4, -0.2) is 11.4 Å². The maximum atomic E-state index is 8.32. The molecule has 0 fully saturated rings. The van der Waals surface area contributed by atoms with Crippen molar-refractivity contribution in [3.05, 3.63) is 11.6 Å². The van der Waals surface area contributed by atoms with Crippen LogP contribution in [0.15, 0.2) is 11.6 Å². The van der Waals surface area contributed by atoms with Gasteiger partial charge in [-0.2, -0.15) is 5.26 Å². The molecule has 0 rings (SSSR count). The second kappa shape index (κ2) is 5.90. The third-order valence-corrected chi connectivity index (χ3v) is 1.45. The standard InChI is InChI=1S/C8H13NO2/c1-3-8(4-5-9)6-7(2)11-10/h4,7,10H,3,6H2,1-2H3/b8-4-/t7-/m1/s1. The normalized spacial score (nSPS) is 14.2. The van der Waals surface area contributed by atoms with Crippen LogP contribution in [0.4, 0.5) is 0 Å². The Morgan fingerprint density at radius 1 is 1.82 bits per heavy atom. The Balaban J connectivity index is 3.90. The van der Waals surface area contributed by atoms with Crippen LogP contribution in [-0.2, 0) is 4.89 Å². The fourth-order valence-corrected chi connectivity index (χ4v) is 0.803. The highest BCUT2D eigenvalue weighted by atomic mass is 17.1. The SMILES string of the molecule is CC/C(=C/C#N)C[C@@H](C)OO. The highest BCUT2D eigenvalue weighted by Crippen LogP contribution is 2.10. The first-order valence-electron chi connectivity index (χ1n) is 3.62. The van der Waals surface area contributed by atoms with Crippen molar-refractivity contribution in [3.8, 4) is 6.07 Å². The molecule has 0 spiro atoms. The van der Waals surface area contributed by atoms with E-state index in [4.69, 9.17) is 10.5 Å². The van der Waals surface area contributed by atoms with Crippen molar-refractivity contribution in [1.82, 2.24) is 0 Å². The van der Waals surface area contributed by atoms with Gasteiger partial charge in [-0.3, -0.25) is 5.26 Å². The number of hydrogen-bond donors (Lipinski definition) is 1. The van der Waals surface area contributed by atoms with Gasteiger partial charge in [0.25, 0.3) is 0 Å². The molecule has 0 heterocycles. The monoisotopic (exact) mass is 155 g/mol. The summed E-state index contributed by atoms with van der Waals surface area (Å²) < 4.78 is 0. The van der Waals surface area contributed by atoms with Crippen molar-refractivity contribution in [1.29, 1.82) is 5.26 Å². The summed E-state index contributed by atoms with van der Waals surface area (Å²) in [6.45, 7) is 3.72. The van der Waals surface area contributed by atoms with Crippen LogP contribution in [0.2, 0.25) is 0 Å². The highest BCUT2D eigenvalue weighted by Gasteiger charge is 2.03. The lowest BCUT2D eigenvalue weighted by atomic mass is 10.1. The first kappa shape index (κ1) is 10.2. The summed E-state index contributed by atoms with van der Waals surface area (Å²) in [6, 6.07) is 1.95. The van der Waals surface area contributed by atoms with E-state index in [0.29, 0.717) is 6.42 Å². The third-order valence-electron chi connectivity index (χ3n) is 1.45. The zero-order chi connectivity index (χ0) is 8.69. The minimum Gasteiger partial charge on any atom is -0.252 e. The van der Waals surface area contributed by atoms with Gasteiger partial charge in [0.15, 0.2) is 0 Å². The summed E-state index contributed by atoms with van der Waals surface area (Å²) in [6.07, 6.45) is 2.70. The molecule has 0 saturated carbocycles. The van der Waals surface area contributed by atoms with Crippen LogP contribution < -0.4 is 0 Å². The topological polar surface area (TPSA) is 53.2 Å². The number of hydrogen-bond acceptors (Lipinski definition) is 3. The summed E-state index contributed by atoms with van der Waals surface area (Å²) in [4.78, 5) is 4.08. The van der Waals surface area contributed by atoms with Gasteiger partial charge < -0.3 is 0 Å². The van der Waals surface area contributed by atoms with Crippen molar-refractivity contribution < 1.29 is 10.1 Å². The molecule has 0 aromatic heterocycles. The number of nitrogens with zero attached hydrogens (tertiary/aromatic N) is 1. The third kappa shape index (κ3) is 4.54. The van der Waals surface area contributed by atoms with Gasteiger partial charge in [0.05, 0.1) is 12.2 Å². The molecule has 0 saturated heterocycles. The van der Waals surface area contributed by atoms with Gasteiger partial charge in [-0.15, -0.1) is 0 Å². The van der Waals surface area contributed by atoms with E-state index in [9.17, 15) is 0 Å². The molecule has 0 aromatic rings. The van der Waals surface area contributed by atoms with Crippen molar-refractivity contribution in [2.45, 2.75) is 32.8 Å². The Kier molecular flexibility index (Phi) is 5.44. The fraction of sp³-hybridized carbons (Fsp3) is 0.625. The molecule has 0 bridgehead atoms. The van der Waals surface area contributed by atoms with Crippen LogP contribution in [0.1, 0.15) is 26.7 Å². The van der Waals surface area contributed by atoms with Gasteiger partial charge >= 0.3 is 0 Å². The highest BCUT2D eigenvalue weighted by molar-refractivity contribution is 5.13. The predicted molar refractivity (Wildman–Crippen MR) is 41.8 cm³/mol. The number of allylic oxidation sites excluding steroid dienone is 1. The van der Waals surface area contributed by atoms with Crippen molar-refractivity contribution in [3.63, 3.8) is 0 Å². The largest absolute Gasteiger partial charge is 0.252 e. The van der Waals surface area contributed by atoms with Gasteiger partial charge in [0, 0.05) is 6.08 Å². The molecule has 1 atom stereocenters. The average Bonchev–Trinajstić information content (AvgIpc) is 2.03. The van der Waals surface area contributed by atoms with E-state index in [0.717, 1.165) is 12.0 Å². The van der Waals surface area contributed by atoms with Crippen molar-refractivity contribution >= 4 is 0 Å². The molecule has 1 N–H and O–H groups in total. The Hall–Kier alpha value is -0.850. The summed E-state index contributed by atoms with van der Waals surface area (Å²) in [5.74, 6) is 0. The first-order valence-corrected chi connectivity index (χ1v) is 3.62. The Morgan fingerprint density at radius 2 is 2.45 bits per heavy atom. The first-order chi connectivity index (χ1) is 5.24. The van der Waals surface area contributed by atoms with Crippen molar-refractivity contribution in [2.24, 2.45) is 0 Å². The van der Waals surface area contributed by atoms with Gasteiger partial charge in [-0.1, -0.05) is 12.5 Å².